The zero-order chi connectivity index (χ0) is 12.2. The molecule has 1 aromatic carbocycles. The number of anilines is 1. The Bertz CT molecular complexity index is 350. The Hall–Kier alpha value is -1.39. The molecule has 2 nitrogen and oxygen atoms in total. The lowest BCUT2D eigenvalue weighted by Crippen LogP contribution is -2.10. The molecule has 0 amide bonds. The summed E-state index contributed by atoms with van der Waals surface area (Å²) in [6, 6.07) is 5.12. The van der Waals surface area contributed by atoms with E-state index in [9.17, 15) is 13.2 Å². The number of halogens is 3. The highest BCUT2D eigenvalue weighted by molar-refractivity contribution is 5.53. The highest BCUT2D eigenvalue weighted by Crippen LogP contribution is 2.24. The number of benzene rings is 1. The van der Waals surface area contributed by atoms with Crippen molar-refractivity contribution in [2.45, 2.75) is 25.9 Å². The molecular formula is C11H14F3NO. The van der Waals surface area contributed by atoms with Gasteiger partial charge in [0.05, 0.1) is 6.61 Å². The lowest BCUT2D eigenvalue weighted by atomic mass is 10.2. The van der Waals surface area contributed by atoms with Gasteiger partial charge in [0.2, 0.25) is 0 Å². The van der Waals surface area contributed by atoms with E-state index >= 15 is 0 Å². The van der Waals surface area contributed by atoms with Crippen molar-refractivity contribution in [2.24, 2.45) is 0 Å². The van der Waals surface area contributed by atoms with E-state index in [1.165, 1.54) is 0 Å². The van der Waals surface area contributed by atoms with Crippen LogP contribution in [0.4, 0.5) is 18.9 Å². The van der Waals surface area contributed by atoms with Crippen LogP contribution in [0, 0.1) is 6.92 Å². The first-order chi connectivity index (χ1) is 7.40. The van der Waals surface area contributed by atoms with Crippen LogP contribution < -0.4 is 10.5 Å². The molecule has 0 bridgehead atoms. The normalized spacial score (nSPS) is 11.5. The zero-order valence-electron chi connectivity index (χ0n) is 8.97. The van der Waals surface area contributed by atoms with Crippen LogP contribution in [0.1, 0.15) is 18.4 Å². The van der Waals surface area contributed by atoms with Crippen molar-refractivity contribution in [3.05, 3.63) is 23.8 Å². The third-order valence-corrected chi connectivity index (χ3v) is 2.19. The molecule has 0 saturated heterocycles. The monoisotopic (exact) mass is 233 g/mol. The molecule has 0 fully saturated rings. The molecule has 0 unspecified atom stereocenters. The molecule has 2 N–H and O–H groups in total. The van der Waals surface area contributed by atoms with Crippen molar-refractivity contribution in [1.82, 2.24) is 0 Å². The molecule has 0 aliphatic rings. The maximum atomic E-state index is 11.8. The van der Waals surface area contributed by atoms with E-state index < -0.39 is 12.6 Å². The fraction of sp³-hybridized carbons (Fsp3) is 0.455. The molecule has 0 aliphatic heterocycles. The van der Waals surface area contributed by atoms with Crippen LogP contribution in [0.3, 0.4) is 0 Å². The number of nitrogen functional groups attached to an aromatic ring is 1. The van der Waals surface area contributed by atoms with Gasteiger partial charge in [-0.1, -0.05) is 6.07 Å². The van der Waals surface area contributed by atoms with Crippen molar-refractivity contribution in [1.29, 1.82) is 0 Å². The largest absolute Gasteiger partial charge is 0.493 e. The second-order valence-electron chi connectivity index (χ2n) is 3.54. The van der Waals surface area contributed by atoms with Gasteiger partial charge in [-0.3, -0.25) is 0 Å². The second kappa shape index (κ2) is 5.09. The summed E-state index contributed by atoms with van der Waals surface area (Å²) < 4.78 is 40.8. The maximum Gasteiger partial charge on any atom is 0.389 e. The number of nitrogens with two attached hydrogens (primary N) is 1. The highest BCUT2D eigenvalue weighted by atomic mass is 19.4. The molecular weight excluding hydrogens is 219 g/mol. The van der Waals surface area contributed by atoms with Crippen molar-refractivity contribution >= 4 is 5.69 Å². The average molecular weight is 233 g/mol. The molecule has 1 rings (SSSR count). The third kappa shape index (κ3) is 4.00. The van der Waals surface area contributed by atoms with E-state index in [0.717, 1.165) is 5.56 Å². The van der Waals surface area contributed by atoms with Gasteiger partial charge in [-0.2, -0.15) is 13.2 Å². The van der Waals surface area contributed by atoms with E-state index in [1.807, 2.05) is 0 Å². The molecule has 0 atom stereocenters. The van der Waals surface area contributed by atoms with Crippen molar-refractivity contribution in [2.75, 3.05) is 12.3 Å². The van der Waals surface area contributed by atoms with Gasteiger partial charge in [-0.05, 0) is 25.5 Å². The van der Waals surface area contributed by atoms with Crippen LogP contribution in [-0.2, 0) is 0 Å². The van der Waals surface area contributed by atoms with Crippen molar-refractivity contribution in [3.63, 3.8) is 0 Å². The van der Waals surface area contributed by atoms with Gasteiger partial charge >= 0.3 is 6.18 Å². The molecule has 90 valence electrons. The Balaban J connectivity index is 2.41. The predicted molar refractivity (Wildman–Crippen MR) is 56.4 cm³/mol. The summed E-state index contributed by atoms with van der Waals surface area (Å²) in [7, 11) is 0. The maximum absolute atomic E-state index is 11.8. The van der Waals surface area contributed by atoms with Crippen LogP contribution in [0.25, 0.3) is 0 Å². The number of hydrogen-bond acceptors (Lipinski definition) is 2. The van der Waals surface area contributed by atoms with E-state index in [4.69, 9.17) is 10.5 Å². The Morgan fingerprint density at radius 1 is 1.31 bits per heavy atom. The lowest BCUT2D eigenvalue weighted by Gasteiger charge is -2.11. The van der Waals surface area contributed by atoms with Gasteiger partial charge in [-0.15, -0.1) is 0 Å². The molecule has 0 saturated carbocycles. The first-order valence-electron chi connectivity index (χ1n) is 4.95. The van der Waals surface area contributed by atoms with Crippen LogP contribution in [-0.4, -0.2) is 12.8 Å². The van der Waals surface area contributed by atoms with Gasteiger partial charge < -0.3 is 10.5 Å². The number of hydrogen-bond donors (Lipinski definition) is 1. The molecule has 0 aromatic heterocycles. The second-order valence-corrected chi connectivity index (χ2v) is 3.54. The first-order valence-corrected chi connectivity index (χ1v) is 4.95. The predicted octanol–water partition coefficient (Wildman–Crippen LogP) is 3.30. The number of ether oxygens (including phenoxy) is 1. The Kier molecular flexibility index (Phi) is 4.04. The minimum Gasteiger partial charge on any atom is -0.493 e. The van der Waals surface area contributed by atoms with Crippen LogP contribution in [0.5, 0.6) is 5.75 Å². The third-order valence-electron chi connectivity index (χ3n) is 2.19. The topological polar surface area (TPSA) is 35.2 Å². The summed E-state index contributed by atoms with van der Waals surface area (Å²) in [4.78, 5) is 0. The van der Waals surface area contributed by atoms with E-state index in [2.05, 4.69) is 0 Å². The molecule has 1 aromatic rings. The minimum absolute atomic E-state index is 0.0439. The van der Waals surface area contributed by atoms with Crippen LogP contribution >= 0.6 is 0 Å². The molecule has 0 radical (unpaired) electrons. The van der Waals surface area contributed by atoms with Gasteiger partial charge in [-0.25, -0.2) is 0 Å². The minimum atomic E-state index is -4.12. The summed E-state index contributed by atoms with van der Waals surface area (Å²) in [6.07, 6.45) is -4.99. The number of rotatable bonds is 4. The van der Waals surface area contributed by atoms with Gasteiger partial charge in [0.15, 0.2) is 0 Å². The molecule has 0 spiro atoms. The summed E-state index contributed by atoms with van der Waals surface area (Å²) in [6.45, 7) is 1.82. The van der Waals surface area contributed by atoms with Gasteiger partial charge in [0.1, 0.15) is 5.75 Å². The van der Waals surface area contributed by atoms with Gasteiger partial charge in [0, 0.05) is 17.7 Å². The Morgan fingerprint density at radius 2 is 2.00 bits per heavy atom. The van der Waals surface area contributed by atoms with Crippen molar-refractivity contribution in [3.8, 4) is 5.75 Å². The molecule has 0 aliphatic carbocycles. The summed E-state index contributed by atoms with van der Waals surface area (Å²) in [5.41, 5.74) is 6.97. The molecule has 0 heterocycles. The van der Waals surface area contributed by atoms with E-state index in [-0.39, 0.29) is 13.0 Å². The summed E-state index contributed by atoms with van der Waals surface area (Å²) in [5, 5.41) is 0. The fourth-order valence-electron chi connectivity index (χ4n) is 1.24. The zero-order valence-corrected chi connectivity index (χ0v) is 8.97. The van der Waals surface area contributed by atoms with Crippen LogP contribution in [0.2, 0.25) is 0 Å². The highest BCUT2D eigenvalue weighted by Gasteiger charge is 2.26. The van der Waals surface area contributed by atoms with Crippen LogP contribution in [0.15, 0.2) is 18.2 Å². The van der Waals surface area contributed by atoms with E-state index in [1.54, 1.807) is 25.1 Å². The Morgan fingerprint density at radius 3 is 2.62 bits per heavy atom. The standard InChI is InChI=1S/C11H14F3NO/c1-8-9(15)4-2-5-10(8)16-7-3-6-11(12,13)14/h2,4-5H,3,6-7,15H2,1H3. The summed E-state index contributed by atoms with van der Waals surface area (Å²) >= 11 is 0. The fourth-order valence-corrected chi connectivity index (χ4v) is 1.24. The van der Waals surface area contributed by atoms with Gasteiger partial charge in [0.25, 0.3) is 0 Å². The average Bonchev–Trinajstić information content (AvgIpc) is 2.17. The number of alkyl halides is 3. The smallest absolute Gasteiger partial charge is 0.389 e. The Labute approximate surface area is 92.2 Å². The quantitative estimate of drug-likeness (QED) is 0.639. The first kappa shape index (κ1) is 12.7. The SMILES string of the molecule is Cc1c(N)cccc1OCCCC(F)(F)F. The summed E-state index contributed by atoms with van der Waals surface area (Å²) in [5.74, 6) is 0.544. The van der Waals surface area contributed by atoms with Crippen molar-refractivity contribution < 1.29 is 17.9 Å². The molecule has 5 heteroatoms. The molecule has 16 heavy (non-hydrogen) atoms. The lowest BCUT2D eigenvalue weighted by molar-refractivity contribution is -0.136. The van der Waals surface area contributed by atoms with E-state index in [0.29, 0.717) is 11.4 Å².